The summed E-state index contributed by atoms with van der Waals surface area (Å²) in [5.41, 5.74) is 0.652. The third kappa shape index (κ3) is 5.88. The maximum absolute atomic E-state index is 12.0. The second-order valence-corrected chi connectivity index (χ2v) is 8.40. The van der Waals surface area contributed by atoms with Crippen LogP contribution in [-0.4, -0.2) is 54.4 Å². The first-order valence-electron chi connectivity index (χ1n) is 10.4. The molecule has 1 saturated carbocycles. The summed E-state index contributed by atoms with van der Waals surface area (Å²) in [5, 5.41) is 14.0. The molecule has 1 aliphatic carbocycles. The summed E-state index contributed by atoms with van der Waals surface area (Å²) in [5.74, 6) is 1.55. The second kappa shape index (κ2) is 9.69. The van der Waals surface area contributed by atoms with Crippen LogP contribution in [0.15, 0.2) is 48.5 Å². The van der Waals surface area contributed by atoms with Gasteiger partial charge in [-0.2, -0.15) is 0 Å². The van der Waals surface area contributed by atoms with Gasteiger partial charge in [0.25, 0.3) is 0 Å². The van der Waals surface area contributed by atoms with Crippen LogP contribution in [0.2, 0.25) is 5.02 Å². The van der Waals surface area contributed by atoms with Gasteiger partial charge in [0.1, 0.15) is 30.3 Å². The van der Waals surface area contributed by atoms with E-state index >= 15 is 0 Å². The van der Waals surface area contributed by atoms with E-state index in [0.29, 0.717) is 23.0 Å². The summed E-state index contributed by atoms with van der Waals surface area (Å²) < 4.78 is 11.8. The molecule has 4 rings (SSSR count). The van der Waals surface area contributed by atoms with Crippen molar-refractivity contribution < 1.29 is 19.4 Å². The Morgan fingerprint density at radius 1 is 1.17 bits per heavy atom. The fourth-order valence-electron chi connectivity index (χ4n) is 3.58. The van der Waals surface area contributed by atoms with Gasteiger partial charge in [-0.25, -0.2) is 0 Å². The lowest BCUT2D eigenvalue weighted by atomic mass is 10.2. The molecular weight excluding hydrogens is 404 g/mol. The normalized spacial score (nSPS) is 20.0. The van der Waals surface area contributed by atoms with E-state index in [1.807, 2.05) is 42.5 Å². The summed E-state index contributed by atoms with van der Waals surface area (Å²) in [6.45, 7) is 2.30. The van der Waals surface area contributed by atoms with E-state index in [9.17, 15) is 9.90 Å². The van der Waals surface area contributed by atoms with E-state index in [1.165, 1.54) is 0 Å². The molecule has 1 saturated heterocycles. The fraction of sp³-hybridized carbons (Fsp3) is 0.435. The predicted molar refractivity (Wildman–Crippen MR) is 116 cm³/mol. The minimum absolute atomic E-state index is 0.0374. The van der Waals surface area contributed by atoms with E-state index in [2.05, 4.69) is 10.2 Å². The van der Waals surface area contributed by atoms with Crippen LogP contribution in [0.4, 0.5) is 5.69 Å². The number of hydrogen-bond acceptors (Lipinski definition) is 5. The van der Waals surface area contributed by atoms with Crippen molar-refractivity contribution in [3.63, 3.8) is 0 Å². The topological polar surface area (TPSA) is 71.0 Å². The Morgan fingerprint density at radius 2 is 1.93 bits per heavy atom. The maximum atomic E-state index is 12.0. The van der Waals surface area contributed by atoms with Crippen LogP contribution in [-0.2, 0) is 4.79 Å². The van der Waals surface area contributed by atoms with Crippen molar-refractivity contribution in [2.45, 2.75) is 31.5 Å². The number of nitrogens with zero attached hydrogens (tertiary/aromatic N) is 1. The number of rotatable bonds is 9. The van der Waals surface area contributed by atoms with Crippen molar-refractivity contribution in [1.82, 2.24) is 4.90 Å². The standard InChI is InChI=1S/C23H27ClN2O4/c24-17-7-9-19(10-8-17)30-20-11-12-26(14-20)13-18(27)15-29-22-4-2-1-3-21(22)25-23(28)16-5-6-16/h1-4,7-10,16,18,20,27H,5-6,11-15H2,(H,25,28). The molecule has 0 radical (unpaired) electrons. The second-order valence-electron chi connectivity index (χ2n) is 7.97. The Balaban J connectivity index is 1.22. The molecule has 1 amide bonds. The Labute approximate surface area is 181 Å². The van der Waals surface area contributed by atoms with Gasteiger partial charge in [0.15, 0.2) is 0 Å². The number of benzene rings is 2. The number of amides is 1. The molecule has 0 bridgehead atoms. The van der Waals surface area contributed by atoms with E-state index in [1.54, 1.807) is 6.07 Å². The van der Waals surface area contributed by atoms with Crippen LogP contribution in [0.5, 0.6) is 11.5 Å². The molecule has 2 unspecified atom stereocenters. The molecular formula is C23H27ClN2O4. The molecule has 7 heteroatoms. The van der Waals surface area contributed by atoms with Crippen molar-refractivity contribution >= 4 is 23.2 Å². The first-order chi connectivity index (χ1) is 14.6. The number of para-hydroxylation sites is 2. The number of halogens is 1. The third-order valence-corrected chi connectivity index (χ3v) is 5.59. The highest BCUT2D eigenvalue weighted by Gasteiger charge is 2.30. The Morgan fingerprint density at radius 3 is 2.70 bits per heavy atom. The van der Waals surface area contributed by atoms with Gasteiger partial charge in [-0.3, -0.25) is 9.69 Å². The largest absolute Gasteiger partial charge is 0.489 e. The number of ether oxygens (including phenoxy) is 2. The first-order valence-corrected chi connectivity index (χ1v) is 10.8. The first kappa shape index (κ1) is 21.0. The van der Waals surface area contributed by atoms with Crippen molar-refractivity contribution in [3.8, 4) is 11.5 Å². The molecule has 0 aromatic heterocycles. The number of aliphatic hydroxyl groups excluding tert-OH is 1. The number of β-amino-alcohol motifs (C(OH)–C–C–N with tert-alkyl or cyclic N) is 1. The summed E-state index contributed by atoms with van der Waals surface area (Å²) in [7, 11) is 0. The smallest absolute Gasteiger partial charge is 0.227 e. The SMILES string of the molecule is O=C(Nc1ccccc1OCC(O)CN1CCC(Oc2ccc(Cl)cc2)C1)C1CC1. The number of anilines is 1. The van der Waals surface area contributed by atoms with Gasteiger partial charge in [0.2, 0.25) is 5.91 Å². The number of hydrogen-bond donors (Lipinski definition) is 2. The van der Waals surface area contributed by atoms with Crippen molar-refractivity contribution in [3.05, 3.63) is 53.6 Å². The van der Waals surface area contributed by atoms with Crippen LogP contribution in [0.3, 0.4) is 0 Å². The van der Waals surface area contributed by atoms with E-state index in [0.717, 1.165) is 38.1 Å². The van der Waals surface area contributed by atoms with Gasteiger partial charge in [-0.15, -0.1) is 0 Å². The number of carbonyl (C=O) groups excluding carboxylic acids is 1. The highest BCUT2D eigenvalue weighted by molar-refractivity contribution is 6.30. The van der Waals surface area contributed by atoms with Crippen molar-refractivity contribution in [1.29, 1.82) is 0 Å². The molecule has 160 valence electrons. The maximum Gasteiger partial charge on any atom is 0.227 e. The van der Waals surface area contributed by atoms with Crippen LogP contribution >= 0.6 is 11.6 Å². The average Bonchev–Trinajstić information content (AvgIpc) is 3.51. The molecule has 2 N–H and O–H groups in total. The number of carbonyl (C=O) groups is 1. The summed E-state index contributed by atoms with van der Waals surface area (Å²) in [4.78, 5) is 14.2. The molecule has 0 spiro atoms. The highest BCUT2D eigenvalue weighted by atomic mass is 35.5. The van der Waals surface area contributed by atoms with Gasteiger partial charge in [0.05, 0.1) is 5.69 Å². The Kier molecular flexibility index (Phi) is 6.77. The minimum atomic E-state index is -0.633. The summed E-state index contributed by atoms with van der Waals surface area (Å²) >= 11 is 5.91. The fourth-order valence-corrected chi connectivity index (χ4v) is 3.70. The lowest BCUT2D eigenvalue weighted by Gasteiger charge is -2.21. The number of likely N-dealkylation sites (tertiary alicyclic amines) is 1. The highest BCUT2D eigenvalue weighted by Crippen LogP contribution is 2.32. The van der Waals surface area contributed by atoms with Gasteiger partial charge < -0.3 is 19.9 Å². The van der Waals surface area contributed by atoms with Gasteiger partial charge in [-0.1, -0.05) is 23.7 Å². The molecule has 2 aromatic rings. The summed E-state index contributed by atoms with van der Waals surface area (Å²) in [6, 6.07) is 14.7. The lowest BCUT2D eigenvalue weighted by molar-refractivity contribution is -0.117. The molecule has 2 atom stereocenters. The van der Waals surface area contributed by atoms with Crippen LogP contribution in [0.1, 0.15) is 19.3 Å². The predicted octanol–water partition coefficient (Wildman–Crippen LogP) is 3.58. The van der Waals surface area contributed by atoms with E-state index in [4.69, 9.17) is 21.1 Å². The Hall–Kier alpha value is -2.28. The zero-order chi connectivity index (χ0) is 20.9. The quantitative estimate of drug-likeness (QED) is 0.636. The molecule has 6 nitrogen and oxygen atoms in total. The molecule has 2 aliphatic rings. The minimum Gasteiger partial charge on any atom is -0.489 e. The molecule has 2 fully saturated rings. The van der Waals surface area contributed by atoms with Crippen LogP contribution in [0.25, 0.3) is 0 Å². The molecule has 1 heterocycles. The monoisotopic (exact) mass is 430 g/mol. The van der Waals surface area contributed by atoms with Gasteiger partial charge in [0, 0.05) is 30.6 Å². The zero-order valence-corrected chi connectivity index (χ0v) is 17.6. The van der Waals surface area contributed by atoms with E-state index < -0.39 is 6.10 Å². The number of aliphatic hydroxyl groups is 1. The van der Waals surface area contributed by atoms with E-state index in [-0.39, 0.29) is 24.5 Å². The summed E-state index contributed by atoms with van der Waals surface area (Å²) in [6.07, 6.45) is 2.27. The Bertz CT molecular complexity index is 857. The third-order valence-electron chi connectivity index (χ3n) is 5.34. The molecule has 1 aliphatic heterocycles. The number of nitrogens with one attached hydrogen (secondary N) is 1. The lowest BCUT2D eigenvalue weighted by Crippen LogP contribution is -2.35. The molecule has 2 aromatic carbocycles. The van der Waals surface area contributed by atoms with Crippen LogP contribution < -0.4 is 14.8 Å². The van der Waals surface area contributed by atoms with Crippen molar-refractivity contribution in [2.75, 3.05) is 31.6 Å². The average molecular weight is 431 g/mol. The van der Waals surface area contributed by atoms with Gasteiger partial charge >= 0.3 is 0 Å². The van der Waals surface area contributed by atoms with Crippen molar-refractivity contribution in [2.24, 2.45) is 5.92 Å². The molecule has 30 heavy (non-hydrogen) atoms. The van der Waals surface area contributed by atoms with Gasteiger partial charge in [-0.05, 0) is 55.7 Å². The zero-order valence-electron chi connectivity index (χ0n) is 16.8. The van der Waals surface area contributed by atoms with Crippen LogP contribution in [0, 0.1) is 5.92 Å².